The molecule has 29 heavy (non-hydrogen) atoms. The van der Waals surface area contributed by atoms with Crippen molar-refractivity contribution in [1.29, 1.82) is 0 Å². The van der Waals surface area contributed by atoms with Crippen LogP contribution in [-0.4, -0.2) is 51.7 Å². The first-order chi connectivity index (χ1) is 13.1. The number of likely N-dealkylation sites (tertiary alicyclic amines) is 1. The van der Waals surface area contributed by atoms with E-state index < -0.39 is 40.4 Å². The Hall–Kier alpha value is -1.16. The number of carbonyl (C=O) groups is 3. The first-order valence-electron chi connectivity index (χ1n) is 10.6. The number of carbonyl (C=O) groups excluding carboxylic acids is 3. The maximum absolute atomic E-state index is 13.6. The molecular weight excluding hydrogens is 389 g/mol. The van der Waals surface area contributed by atoms with Crippen molar-refractivity contribution < 1.29 is 23.9 Å². The van der Waals surface area contributed by atoms with Crippen molar-refractivity contribution >= 4 is 27.1 Å². The molecule has 1 heterocycles. The monoisotopic (exact) mass is 429 g/mol. The molecule has 0 aromatic carbocycles. The second kappa shape index (κ2) is 9.32. The van der Waals surface area contributed by atoms with Gasteiger partial charge in [-0.05, 0) is 66.7 Å². The highest BCUT2D eigenvalue weighted by Crippen LogP contribution is 2.40. The third-order valence-corrected chi connectivity index (χ3v) is 6.55. The first-order valence-corrected chi connectivity index (χ1v) is 11.2. The number of ketones is 1. The average Bonchev–Trinajstić information content (AvgIpc) is 2.56. The van der Waals surface area contributed by atoms with Crippen LogP contribution in [0.25, 0.3) is 0 Å². The highest BCUT2D eigenvalue weighted by Gasteiger charge is 2.51. The van der Waals surface area contributed by atoms with Crippen LogP contribution in [-0.2, 0) is 19.1 Å². The molecule has 1 fully saturated rings. The maximum atomic E-state index is 13.6. The minimum Gasteiger partial charge on any atom is -0.458 e. The van der Waals surface area contributed by atoms with Gasteiger partial charge in [0.15, 0.2) is 0 Å². The van der Waals surface area contributed by atoms with Gasteiger partial charge in [-0.25, -0.2) is 9.59 Å². The van der Waals surface area contributed by atoms with E-state index >= 15 is 0 Å². The van der Waals surface area contributed by atoms with E-state index in [1.165, 1.54) is 4.90 Å². The van der Waals surface area contributed by atoms with Gasteiger partial charge in [0.1, 0.15) is 23.0 Å². The van der Waals surface area contributed by atoms with Crippen LogP contribution in [0.3, 0.4) is 0 Å². The molecule has 4 unspecified atom stereocenters. The van der Waals surface area contributed by atoms with Crippen molar-refractivity contribution in [1.82, 2.24) is 4.90 Å². The van der Waals surface area contributed by atoms with Gasteiger partial charge in [-0.15, -0.1) is 9.24 Å². The van der Waals surface area contributed by atoms with E-state index in [0.29, 0.717) is 25.8 Å². The molecule has 1 amide bonds. The summed E-state index contributed by atoms with van der Waals surface area (Å²) in [6, 6.07) is -0.988. The van der Waals surface area contributed by atoms with E-state index in [0.717, 1.165) is 0 Å². The Bertz CT molecular complexity index is 616. The second-order valence-electron chi connectivity index (χ2n) is 10.2. The Morgan fingerprint density at radius 2 is 1.45 bits per heavy atom. The van der Waals surface area contributed by atoms with Crippen LogP contribution in [0, 0.1) is 11.8 Å². The molecule has 0 aromatic rings. The molecular formula is C22H40NO5P. The molecule has 7 heteroatoms. The summed E-state index contributed by atoms with van der Waals surface area (Å²) in [6.07, 6.45) is 1.33. The zero-order valence-electron chi connectivity index (χ0n) is 19.6. The molecule has 0 N–H and O–H groups in total. The molecule has 0 radical (unpaired) electrons. The summed E-state index contributed by atoms with van der Waals surface area (Å²) in [5, 5.41) is -0.629. The van der Waals surface area contributed by atoms with Crippen molar-refractivity contribution in [2.45, 2.75) is 104 Å². The van der Waals surface area contributed by atoms with E-state index in [2.05, 4.69) is 9.24 Å². The number of rotatable bonds is 5. The fourth-order valence-corrected chi connectivity index (χ4v) is 3.85. The average molecular weight is 430 g/mol. The van der Waals surface area contributed by atoms with Gasteiger partial charge in [0, 0.05) is 11.7 Å². The number of piperidine rings is 1. The predicted molar refractivity (Wildman–Crippen MR) is 118 cm³/mol. The van der Waals surface area contributed by atoms with E-state index in [9.17, 15) is 14.4 Å². The summed E-state index contributed by atoms with van der Waals surface area (Å²) in [5.74, 6) is -1.24. The predicted octanol–water partition coefficient (Wildman–Crippen LogP) is 4.59. The Balaban J connectivity index is 3.42. The van der Waals surface area contributed by atoms with Crippen molar-refractivity contribution in [2.75, 3.05) is 6.54 Å². The molecule has 0 aromatic heterocycles. The lowest BCUT2D eigenvalue weighted by Crippen LogP contribution is -2.61. The summed E-state index contributed by atoms with van der Waals surface area (Å²) in [7, 11) is 2.69. The highest BCUT2D eigenvalue weighted by atomic mass is 31.0. The summed E-state index contributed by atoms with van der Waals surface area (Å²) in [4.78, 5) is 41.2. The lowest BCUT2D eigenvalue weighted by Gasteiger charge is -2.45. The Kier molecular flexibility index (Phi) is 8.32. The van der Waals surface area contributed by atoms with Gasteiger partial charge in [-0.1, -0.05) is 20.8 Å². The molecule has 0 aliphatic carbocycles. The maximum Gasteiger partial charge on any atom is 0.411 e. The van der Waals surface area contributed by atoms with E-state index in [-0.39, 0.29) is 11.7 Å². The van der Waals surface area contributed by atoms with Crippen molar-refractivity contribution in [3.8, 4) is 0 Å². The molecule has 168 valence electrons. The van der Waals surface area contributed by atoms with Crippen LogP contribution in [0.5, 0.6) is 0 Å². The molecule has 0 spiro atoms. The zero-order valence-corrected chi connectivity index (χ0v) is 20.8. The summed E-state index contributed by atoms with van der Waals surface area (Å²) < 4.78 is 11.2. The number of Topliss-reactive ketones (excluding diaryl/α,β-unsaturated/α-hetero) is 1. The number of amides is 1. The Labute approximate surface area is 178 Å². The summed E-state index contributed by atoms with van der Waals surface area (Å²) >= 11 is 0. The van der Waals surface area contributed by atoms with Gasteiger partial charge in [0.2, 0.25) is 0 Å². The SMILES string of the molecule is CCC(P)(CC)C(=O)C1C(C)CCN(C(=O)OC(C)(C)C)C1C(=O)OC(C)(C)C. The topological polar surface area (TPSA) is 72.9 Å². The van der Waals surface area contributed by atoms with Crippen LogP contribution >= 0.6 is 9.24 Å². The molecule has 0 bridgehead atoms. The Morgan fingerprint density at radius 3 is 1.86 bits per heavy atom. The van der Waals surface area contributed by atoms with Crippen LogP contribution in [0.4, 0.5) is 4.79 Å². The first kappa shape index (κ1) is 25.9. The summed E-state index contributed by atoms with van der Waals surface area (Å²) in [6.45, 7) is 17.0. The number of esters is 1. The third kappa shape index (κ3) is 6.67. The second-order valence-corrected chi connectivity index (χ2v) is 11.3. The molecule has 4 atom stereocenters. The molecule has 1 aliphatic rings. The van der Waals surface area contributed by atoms with Crippen molar-refractivity contribution in [3.05, 3.63) is 0 Å². The fourth-order valence-electron chi connectivity index (χ4n) is 3.66. The molecule has 6 nitrogen and oxygen atoms in total. The largest absolute Gasteiger partial charge is 0.458 e. The lowest BCUT2D eigenvalue weighted by molar-refractivity contribution is -0.168. The van der Waals surface area contributed by atoms with Crippen LogP contribution in [0.1, 0.15) is 81.6 Å². The van der Waals surface area contributed by atoms with Gasteiger partial charge >= 0.3 is 12.1 Å². The number of nitrogens with zero attached hydrogens (tertiary/aromatic N) is 1. The lowest BCUT2D eigenvalue weighted by atomic mass is 9.73. The number of hydrogen-bond donors (Lipinski definition) is 0. The minimum absolute atomic E-state index is 0.0101. The van der Waals surface area contributed by atoms with Gasteiger partial charge in [-0.2, -0.15) is 0 Å². The van der Waals surface area contributed by atoms with Crippen LogP contribution in [0.2, 0.25) is 0 Å². The van der Waals surface area contributed by atoms with Gasteiger partial charge < -0.3 is 9.47 Å². The van der Waals surface area contributed by atoms with Crippen LogP contribution in [0.15, 0.2) is 0 Å². The van der Waals surface area contributed by atoms with E-state index in [1.807, 2.05) is 20.8 Å². The highest BCUT2D eigenvalue weighted by molar-refractivity contribution is 7.21. The fraction of sp³-hybridized carbons (Fsp3) is 0.864. The molecule has 1 aliphatic heterocycles. The van der Waals surface area contributed by atoms with Crippen molar-refractivity contribution in [2.24, 2.45) is 11.8 Å². The molecule has 1 saturated heterocycles. The number of ether oxygens (including phenoxy) is 2. The molecule has 1 rings (SSSR count). The molecule has 0 saturated carbocycles. The smallest absolute Gasteiger partial charge is 0.411 e. The minimum atomic E-state index is -0.988. The standard InChI is InChI=1S/C22H40NO5P/c1-10-22(29,11-2)17(24)15-14(3)12-13-23(19(26)28-21(7,8)9)16(15)18(25)27-20(4,5)6/h14-16H,10-13,29H2,1-9H3. The Morgan fingerprint density at radius 1 is 0.966 bits per heavy atom. The summed E-state index contributed by atoms with van der Waals surface area (Å²) in [5.41, 5.74) is -1.42. The number of hydrogen-bond acceptors (Lipinski definition) is 5. The normalized spacial score (nSPS) is 23.5. The third-order valence-electron chi connectivity index (χ3n) is 5.45. The van der Waals surface area contributed by atoms with Gasteiger partial charge in [0.25, 0.3) is 0 Å². The quantitative estimate of drug-likeness (QED) is 0.472. The van der Waals surface area contributed by atoms with Crippen LogP contribution < -0.4 is 0 Å². The van der Waals surface area contributed by atoms with Crippen molar-refractivity contribution in [3.63, 3.8) is 0 Å². The van der Waals surface area contributed by atoms with E-state index in [4.69, 9.17) is 9.47 Å². The van der Waals surface area contributed by atoms with Gasteiger partial charge in [0.05, 0.1) is 5.92 Å². The van der Waals surface area contributed by atoms with Gasteiger partial charge in [-0.3, -0.25) is 9.69 Å². The van der Waals surface area contributed by atoms with E-state index in [1.54, 1.807) is 41.5 Å². The zero-order chi connectivity index (χ0) is 22.8.